The molecule has 114 valence electrons. The number of aromatic nitrogens is 2. The van der Waals surface area contributed by atoms with Crippen molar-refractivity contribution >= 4 is 15.9 Å². The van der Waals surface area contributed by atoms with E-state index >= 15 is 0 Å². The highest BCUT2D eigenvalue weighted by molar-refractivity contribution is 9.10. The Balaban J connectivity index is 2.29. The number of hydrogen-bond donors (Lipinski definition) is 1. The zero-order valence-corrected chi connectivity index (χ0v) is 13.6. The summed E-state index contributed by atoms with van der Waals surface area (Å²) in [4.78, 5) is 0. The molecule has 2 aromatic rings. The van der Waals surface area contributed by atoms with Crippen molar-refractivity contribution in [2.45, 2.75) is 32.4 Å². The van der Waals surface area contributed by atoms with Gasteiger partial charge in [0.2, 0.25) is 0 Å². The molecule has 1 heterocycles. The lowest BCUT2D eigenvalue weighted by Gasteiger charge is -2.19. The lowest BCUT2D eigenvalue weighted by molar-refractivity contribution is 0.492. The zero-order valence-electron chi connectivity index (χ0n) is 12.0. The molecular formula is C15H18BrF2N3. The molecule has 3 nitrogen and oxygen atoms in total. The maximum Gasteiger partial charge on any atom is 0.126 e. The minimum Gasteiger partial charge on any atom is -0.311 e. The maximum absolute atomic E-state index is 13.3. The van der Waals surface area contributed by atoms with Crippen LogP contribution in [0.25, 0.3) is 0 Å². The summed E-state index contributed by atoms with van der Waals surface area (Å²) < 4.78 is 29.4. The van der Waals surface area contributed by atoms with Crippen LogP contribution in [0, 0.1) is 11.6 Å². The van der Waals surface area contributed by atoms with Gasteiger partial charge in [-0.1, -0.05) is 6.92 Å². The molecule has 0 aliphatic rings. The predicted molar refractivity (Wildman–Crippen MR) is 82.1 cm³/mol. The molecule has 0 aliphatic carbocycles. The highest BCUT2D eigenvalue weighted by Crippen LogP contribution is 2.26. The van der Waals surface area contributed by atoms with Crippen molar-refractivity contribution < 1.29 is 8.78 Å². The van der Waals surface area contributed by atoms with E-state index in [-0.39, 0.29) is 6.04 Å². The van der Waals surface area contributed by atoms with Crippen LogP contribution < -0.4 is 5.32 Å². The van der Waals surface area contributed by atoms with E-state index in [0.29, 0.717) is 12.0 Å². The van der Waals surface area contributed by atoms with Crippen LogP contribution >= 0.6 is 15.9 Å². The fraction of sp³-hybridized carbons (Fsp3) is 0.400. The summed E-state index contributed by atoms with van der Waals surface area (Å²) in [6.07, 6.45) is 3.20. The molecule has 1 unspecified atom stereocenters. The summed E-state index contributed by atoms with van der Waals surface area (Å²) in [7, 11) is 1.83. The first-order chi connectivity index (χ1) is 10.0. The van der Waals surface area contributed by atoms with Crippen LogP contribution in [-0.4, -0.2) is 16.8 Å². The summed E-state index contributed by atoms with van der Waals surface area (Å²) in [6.45, 7) is 2.88. The first-order valence-electron chi connectivity index (χ1n) is 6.88. The van der Waals surface area contributed by atoms with Crippen LogP contribution in [-0.2, 0) is 13.0 Å². The number of nitrogens with one attached hydrogen (secondary N) is 1. The third-order valence-corrected chi connectivity index (χ3v) is 3.92. The van der Waals surface area contributed by atoms with E-state index in [4.69, 9.17) is 0 Å². The summed E-state index contributed by atoms with van der Waals surface area (Å²) >= 11 is 3.50. The summed E-state index contributed by atoms with van der Waals surface area (Å²) in [5.41, 5.74) is 1.60. The van der Waals surface area contributed by atoms with Crippen molar-refractivity contribution in [2.24, 2.45) is 0 Å². The Labute approximate surface area is 131 Å². The van der Waals surface area contributed by atoms with Gasteiger partial charge in [0.05, 0.1) is 22.4 Å². The fourth-order valence-corrected chi connectivity index (χ4v) is 2.98. The van der Waals surface area contributed by atoms with Crippen molar-refractivity contribution in [1.82, 2.24) is 15.1 Å². The van der Waals surface area contributed by atoms with Gasteiger partial charge in [-0.2, -0.15) is 5.10 Å². The van der Waals surface area contributed by atoms with Crippen LogP contribution in [0.3, 0.4) is 0 Å². The first kappa shape index (κ1) is 16.1. The summed E-state index contributed by atoms with van der Waals surface area (Å²) in [6, 6.07) is 3.54. The van der Waals surface area contributed by atoms with Crippen LogP contribution in [0.2, 0.25) is 0 Å². The van der Waals surface area contributed by atoms with Crippen molar-refractivity contribution in [2.75, 3.05) is 7.05 Å². The zero-order chi connectivity index (χ0) is 15.4. The van der Waals surface area contributed by atoms with Gasteiger partial charge < -0.3 is 5.32 Å². The molecule has 0 radical (unpaired) electrons. The van der Waals surface area contributed by atoms with Gasteiger partial charge in [0.1, 0.15) is 11.6 Å². The first-order valence-corrected chi connectivity index (χ1v) is 7.67. The standard InChI is InChI=1S/C15H18BrF2N3/c1-3-4-21-15(13(16)9-20-21)14(19-2)7-10-5-11(17)8-12(18)6-10/h5-6,8-9,14,19H,3-4,7H2,1-2H3. The van der Waals surface area contributed by atoms with E-state index in [1.165, 1.54) is 12.1 Å². The van der Waals surface area contributed by atoms with Crippen molar-refractivity contribution in [3.63, 3.8) is 0 Å². The third-order valence-electron chi connectivity index (χ3n) is 3.31. The number of rotatable bonds is 6. The van der Waals surface area contributed by atoms with Crippen molar-refractivity contribution in [3.05, 3.63) is 51.8 Å². The Bertz CT molecular complexity index is 593. The number of aryl methyl sites for hydroxylation is 1. The molecule has 0 aliphatic heterocycles. The molecule has 2 rings (SSSR count). The van der Waals surface area contributed by atoms with Gasteiger partial charge in [0, 0.05) is 12.6 Å². The molecule has 1 N–H and O–H groups in total. The Kier molecular flexibility index (Phi) is 5.47. The topological polar surface area (TPSA) is 29.9 Å². The fourth-order valence-electron chi connectivity index (χ4n) is 2.41. The SMILES string of the molecule is CCCn1ncc(Br)c1C(Cc1cc(F)cc(F)c1)NC. The second kappa shape index (κ2) is 7.13. The van der Waals surface area contributed by atoms with E-state index < -0.39 is 11.6 Å². The highest BCUT2D eigenvalue weighted by atomic mass is 79.9. The third kappa shape index (κ3) is 3.89. The Morgan fingerprint density at radius 3 is 2.52 bits per heavy atom. The van der Waals surface area contributed by atoms with E-state index in [0.717, 1.165) is 29.2 Å². The van der Waals surface area contributed by atoms with Crippen LogP contribution in [0.1, 0.15) is 30.6 Å². The molecule has 0 amide bonds. The molecule has 21 heavy (non-hydrogen) atoms. The average molecular weight is 358 g/mol. The number of benzene rings is 1. The van der Waals surface area contributed by atoms with Gasteiger partial charge in [-0.25, -0.2) is 8.78 Å². The quantitative estimate of drug-likeness (QED) is 0.851. The average Bonchev–Trinajstić information content (AvgIpc) is 2.77. The summed E-state index contributed by atoms with van der Waals surface area (Å²) in [5.74, 6) is -1.11. The highest BCUT2D eigenvalue weighted by Gasteiger charge is 2.19. The molecule has 0 fully saturated rings. The minimum absolute atomic E-state index is 0.0744. The number of hydrogen-bond acceptors (Lipinski definition) is 2. The van der Waals surface area contributed by atoms with Crippen LogP contribution in [0.5, 0.6) is 0 Å². The Morgan fingerprint density at radius 1 is 1.29 bits per heavy atom. The van der Waals surface area contributed by atoms with Gasteiger partial charge in [-0.15, -0.1) is 0 Å². The molecule has 1 atom stereocenters. The molecule has 1 aromatic carbocycles. The van der Waals surface area contributed by atoms with E-state index in [2.05, 4.69) is 33.3 Å². The number of halogens is 3. The van der Waals surface area contributed by atoms with Crippen LogP contribution in [0.15, 0.2) is 28.9 Å². The van der Waals surface area contributed by atoms with Crippen molar-refractivity contribution in [1.29, 1.82) is 0 Å². The number of likely N-dealkylation sites (N-methyl/N-ethyl adjacent to an activating group) is 1. The van der Waals surface area contributed by atoms with E-state index in [9.17, 15) is 8.78 Å². The summed E-state index contributed by atoms with van der Waals surface area (Å²) in [5, 5.41) is 7.53. The lowest BCUT2D eigenvalue weighted by atomic mass is 10.0. The monoisotopic (exact) mass is 357 g/mol. The Hall–Kier alpha value is -1.27. The van der Waals surface area contributed by atoms with Gasteiger partial charge in [-0.3, -0.25) is 4.68 Å². The lowest BCUT2D eigenvalue weighted by Crippen LogP contribution is -2.23. The maximum atomic E-state index is 13.3. The number of nitrogens with zero attached hydrogens (tertiary/aromatic N) is 2. The second-order valence-corrected chi connectivity index (χ2v) is 5.78. The van der Waals surface area contributed by atoms with Crippen LogP contribution in [0.4, 0.5) is 8.78 Å². The van der Waals surface area contributed by atoms with Crippen molar-refractivity contribution in [3.8, 4) is 0 Å². The molecule has 0 saturated heterocycles. The molecular weight excluding hydrogens is 340 g/mol. The van der Waals surface area contributed by atoms with Gasteiger partial charge >= 0.3 is 0 Å². The molecule has 0 saturated carbocycles. The molecule has 0 bridgehead atoms. The normalized spacial score (nSPS) is 12.6. The second-order valence-electron chi connectivity index (χ2n) is 4.92. The van der Waals surface area contributed by atoms with Gasteiger partial charge in [-0.05, 0) is 53.5 Å². The largest absolute Gasteiger partial charge is 0.311 e. The molecule has 1 aromatic heterocycles. The van der Waals surface area contributed by atoms with E-state index in [1.54, 1.807) is 6.20 Å². The predicted octanol–water partition coefficient (Wildman–Crippen LogP) is 3.84. The molecule has 0 spiro atoms. The molecule has 6 heteroatoms. The van der Waals surface area contributed by atoms with Gasteiger partial charge in [0.25, 0.3) is 0 Å². The van der Waals surface area contributed by atoms with E-state index in [1.807, 2.05) is 11.7 Å². The Morgan fingerprint density at radius 2 is 1.95 bits per heavy atom. The smallest absolute Gasteiger partial charge is 0.126 e. The van der Waals surface area contributed by atoms with Gasteiger partial charge in [0.15, 0.2) is 0 Å². The minimum atomic E-state index is -0.555.